The first-order valence-corrected chi connectivity index (χ1v) is 12.3. The molecule has 2 amide bonds. The van der Waals surface area contributed by atoms with Gasteiger partial charge in [0.1, 0.15) is 5.01 Å². The molecule has 0 saturated carbocycles. The van der Waals surface area contributed by atoms with Crippen LogP contribution in [0.4, 0.5) is 5.13 Å². The molecular formula is C23H23N7O2S2. The maximum Gasteiger partial charge on any atom is 0.251 e. The van der Waals surface area contributed by atoms with E-state index in [9.17, 15) is 9.59 Å². The summed E-state index contributed by atoms with van der Waals surface area (Å²) in [6.07, 6.45) is 0. The average molecular weight is 494 g/mol. The van der Waals surface area contributed by atoms with Gasteiger partial charge in [0.05, 0.1) is 12.3 Å². The summed E-state index contributed by atoms with van der Waals surface area (Å²) < 4.78 is 1.86. The Morgan fingerprint density at radius 1 is 0.971 bits per heavy atom. The highest BCUT2D eigenvalue weighted by Crippen LogP contribution is 2.23. The van der Waals surface area contributed by atoms with E-state index in [0.717, 1.165) is 21.8 Å². The van der Waals surface area contributed by atoms with Gasteiger partial charge in [0.25, 0.3) is 5.91 Å². The summed E-state index contributed by atoms with van der Waals surface area (Å²) in [5.41, 5.74) is 3.52. The Morgan fingerprint density at radius 3 is 2.44 bits per heavy atom. The topological polar surface area (TPSA) is 115 Å². The Kier molecular flexibility index (Phi) is 7.33. The first kappa shape index (κ1) is 23.6. The number of nitrogens with zero attached hydrogens (tertiary/aromatic N) is 5. The summed E-state index contributed by atoms with van der Waals surface area (Å²) in [4.78, 5) is 25.0. The Hall–Kier alpha value is -3.57. The van der Waals surface area contributed by atoms with Crippen LogP contribution in [0.3, 0.4) is 0 Å². The number of aryl methyl sites for hydroxylation is 3. The molecule has 2 aromatic heterocycles. The first-order valence-electron chi connectivity index (χ1n) is 10.5. The maximum absolute atomic E-state index is 12.6. The number of rotatable bonds is 8. The number of carbonyl (C=O) groups is 2. The van der Waals surface area contributed by atoms with Gasteiger partial charge in [-0.25, -0.2) is 0 Å². The Bertz CT molecular complexity index is 1330. The van der Waals surface area contributed by atoms with E-state index in [1.807, 2.05) is 67.8 Å². The van der Waals surface area contributed by atoms with Gasteiger partial charge in [-0.3, -0.25) is 19.5 Å². The van der Waals surface area contributed by atoms with Gasteiger partial charge in [0.15, 0.2) is 11.0 Å². The molecule has 0 saturated heterocycles. The SMILES string of the molecule is Cc1cccc(C(=O)NCc2nnc(SCC(=O)Nc3nnc(C)s3)n2-c2cccc(C)c2)c1. The predicted octanol–water partition coefficient (Wildman–Crippen LogP) is 3.70. The van der Waals surface area contributed by atoms with Crippen LogP contribution in [-0.4, -0.2) is 42.5 Å². The zero-order valence-electron chi connectivity index (χ0n) is 18.9. The molecule has 2 heterocycles. The number of amides is 2. The predicted molar refractivity (Wildman–Crippen MR) is 132 cm³/mol. The van der Waals surface area contributed by atoms with Crippen LogP contribution in [0.1, 0.15) is 32.3 Å². The molecule has 0 unspecified atom stereocenters. The van der Waals surface area contributed by atoms with E-state index in [-0.39, 0.29) is 24.1 Å². The van der Waals surface area contributed by atoms with Crippen molar-refractivity contribution in [3.8, 4) is 5.69 Å². The molecule has 0 aliphatic carbocycles. The van der Waals surface area contributed by atoms with Crippen molar-refractivity contribution in [2.45, 2.75) is 32.5 Å². The molecule has 9 nitrogen and oxygen atoms in total. The second-order valence-corrected chi connectivity index (χ2v) is 9.71. The van der Waals surface area contributed by atoms with E-state index in [2.05, 4.69) is 31.0 Å². The third kappa shape index (κ3) is 5.86. The van der Waals surface area contributed by atoms with Crippen molar-refractivity contribution in [1.29, 1.82) is 0 Å². The highest BCUT2D eigenvalue weighted by atomic mass is 32.2. The lowest BCUT2D eigenvalue weighted by atomic mass is 10.1. The van der Waals surface area contributed by atoms with Gasteiger partial charge in [0, 0.05) is 11.3 Å². The molecule has 0 fully saturated rings. The summed E-state index contributed by atoms with van der Waals surface area (Å²) in [6.45, 7) is 5.95. The van der Waals surface area contributed by atoms with Crippen LogP contribution in [0.25, 0.3) is 5.69 Å². The van der Waals surface area contributed by atoms with Crippen LogP contribution < -0.4 is 10.6 Å². The quantitative estimate of drug-likeness (QED) is 0.360. The fraction of sp³-hybridized carbons (Fsp3) is 0.217. The molecule has 0 bridgehead atoms. The standard InChI is InChI=1S/C23H23N7O2S2/c1-14-6-4-8-17(10-14)21(32)24-12-19-27-29-23(30(19)18-9-5-7-15(2)11-18)33-13-20(31)25-22-28-26-16(3)34-22/h4-11H,12-13H2,1-3H3,(H,24,32)(H,25,28,31). The summed E-state index contributed by atoms with van der Waals surface area (Å²) >= 11 is 2.57. The van der Waals surface area contributed by atoms with E-state index >= 15 is 0 Å². The number of aromatic nitrogens is 5. The molecule has 4 rings (SSSR count). The van der Waals surface area contributed by atoms with Crippen molar-refractivity contribution in [2.24, 2.45) is 0 Å². The summed E-state index contributed by atoms with van der Waals surface area (Å²) in [6, 6.07) is 15.3. The van der Waals surface area contributed by atoms with Crippen molar-refractivity contribution < 1.29 is 9.59 Å². The number of hydrogen-bond donors (Lipinski definition) is 2. The highest BCUT2D eigenvalue weighted by molar-refractivity contribution is 7.99. The van der Waals surface area contributed by atoms with Crippen molar-refractivity contribution in [2.75, 3.05) is 11.1 Å². The molecule has 2 N–H and O–H groups in total. The second-order valence-electron chi connectivity index (χ2n) is 7.59. The smallest absolute Gasteiger partial charge is 0.251 e. The van der Waals surface area contributed by atoms with Gasteiger partial charge in [-0.15, -0.1) is 20.4 Å². The molecule has 2 aromatic carbocycles. The van der Waals surface area contributed by atoms with E-state index in [1.54, 1.807) is 6.07 Å². The van der Waals surface area contributed by atoms with Gasteiger partial charge in [0.2, 0.25) is 11.0 Å². The van der Waals surface area contributed by atoms with Crippen molar-refractivity contribution in [3.05, 3.63) is 76.1 Å². The number of anilines is 1. The van der Waals surface area contributed by atoms with Crippen LogP contribution in [-0.2, 0) is 11.3 Å². The molecule has 0 radical (unpaired) electrons. The van der Waals surface area contributed by atoms with Gasteiger partial charge in [-0.2, -0.15) is 0 Å². The summed E-state index contributed by atoms with van der Waals surface area (Å²) in [5, 5.41) is 23.8. The number of thioether (sulfide) groups is 1. The summed E-state index contributed by atoms with van der Waals surface area (Å²) in [5.74, 6) is 0.282. The monoisotopic (exact) mass is 493 g/mol. The van der Waals surface area contributed by atoms with E-state index in [0.29, 0.717) is 21.7 Å². The van der Waals surface area contributed by atoms with E-state index in [1.165, 1.54) is 23.1 Å². The van der Waals surface area contributed by atoms with Crippen LogP contribution >= 0.6 is 23.1 Å². The Balaban J connectivity index is 1.51. The lowest BCUT2D eigenvalue weighted by Crippen LogP contribution is -2.24. The minimum absolute atomic E-state index is 0.123. The van der Waals surface area contributed by atoms with Crippen LogP contribution in [0, 0.1) is 20.8 Å². The number of carbonyl (C=O) groups excluding carboxylic acids is 2. The van der Waals surface area contributed by atoms with Crippen LogP contribution in [0.15, 0.2) is 53.7 Å². The third-order valence-corrected chi connectivity index (χ3v) is 6.44. The van der Waals surface area contributed by atoms with Crippen molar-refractivity contribution in [1.82, 2.24) is 30.3 Å². The zero-order valence-corrected chi connectivity index (χ0v) is 20.5. The minimum atomic E-state index is -0.214. The number of nitrogens with one attached hydrogen (secondary N) is 2. The van der Waals surface area contributed by atoms with E-state index < -0.39 is 0 Å². The molecule has 0 spiro atoms. The fourth-order valence-corrected chi connectivity index (χ4v) is 4.59. The van der Waals surface area contributed by atoms with Crippen molar-refractivity contribution in [3.63, 3.8) is 0 Å². The van der Waals surface area contributed by atoms with Gasteiger partial charge in [-0.05, 0) is 50.6 Å². The zero-order chi connectivity index (χ0) is 24.1. The average Bonchev–Trinajstić information content (AvgIpc) is 3.41. The second kappa shape index (κ2) is 10.6. The Morgan fingerprint density at radius 2 is 1.74 bits per heavy atom. The maximum atomic E-state index is 12.6. The lowest BCUT2D eigenvalue weighted by molar-refractivity contribution is -0.113. The highest BCUT2D eigenvalue weighted by Gasteiger charge is 2.18. The number of benzene rings is 2. The molecule has 0 aliphatic heterocycles. The first-order chi connectivity index (χ1) is 16.4. The minimum Gasteiger partial charge on any atom is -0.345 e. The normalized spacial score (nSPS) is 10.8. The molecule has 11 heteroatoms. The third-order valence-electron chi connectivity index (χ3n) is 4.75. The molecule has 0 atom stereocenters. The molecule has 4 aromatic rings. The molecular weight excluding hydrogens is 470 g/mol. The van der Waals surface area contributed by atoms with Gasteiger partial charge < -0.3 is 5.32 Å². The summed E-state index contributed by atoms with van der Waals surface area (Å²) in [7, 11) is 0. The lowest BCUT2D eigenvalue weighted by Gasteiger charge is -2.12. The van der Waals surface area contributed by atoms with Crippen LogP contribution in [0.2, 0.25) is 0 Å². The Labute approximate surface area is 205 Å². The van der Waals surface area contributed by atoms with Crippen LogP contribution in [0.5, 0.6) is 0 Å². The van der Waals surface area contributed by atoms with Gasteiger partial charge >= 0.3 is 0 Å². The molecule has 34 heavy (non-hydrogen) atoms. The molecule has 0 aliphatic rings. The van der Waals surface area contributed by atoms with E-state index in [4.69, 9.17) is 0 Å². The largest absolute Gasteiger partial charge is 0.345 e. The van der Waals surface area contributed by atoms with Crippen molar-refractivity contribution >= 4 is 40.0 Å². The van der Waals surface area contributed by atoms with Gasteiger partial charge in [-0.1, -0.05) is 52.9 Å². The molecule has 174 valence electrons. The fourth-order valence-electron chi connectivity index (χ4n) is 3.21. The number of hydrogen-bond acceptors (Lipinski definition) is 8.